The van der Waals surface area contributed by atoms with Crippen LogP contribution in [-0.2, 0) is 22.4 Å². The van der Waals surface area contributed by atoms with Crippen LogP contribution in [0.2, 0.25) is 0 Å². The van der Waals surface area contributed by atoms with Gasteiger partial charge in [-0.25, -0.2) is 19.2 Å². The molecule has 184 valence electrons. The molecule has 3 aromatic rings. The minimum Gasteiger partial charge on any atom is -0.478 e. The first-order valence-electron chi connectivity index (χ1n) is 11.6. The van der Waals surface area contributed by atoms with Gasteiger partial charge in [-0.05, 0) is 42.9 Å². The van der Waals surface area contributed by atoms with E-state index in [1.54, 1.807) is 17.4 Å². The lowest BCUT2D eigenvalue weighted by Gasteiger charge is -2.32. The van der Waals surface area contributed by atoms with E-state index in [0.29, 0.717) is 43.2 Å². The summed E-state index contributed by atoms with van der Waals surface area (Å²) >= 11 is 1.55. The minimum absolute atomic E-state index is 0.0487. The van der Waals surface area contributed by atoms with Crippen LogP contribution in [0.4, 0.5) is 10.2 Å². The minimum atomic E-state index is -1.21. The van der Waals surface area contributed by atoms with Crippen LogP contribution in [0.15, 0.2) is 28.5 Å². The van der Waals surface area contributed by atoms with Gasteiger partial charge in [0.1, 0.15) is 23.6 Å². The number of carboxylic acid groups (broad SMARTS) is 1. The molecule has 0 aromatic carbocycles. The Morgan fingerprint density at radius 1 is 1.34 bits per heavy atom. The van der Waals surface area contributed by atoms with Gasteiger partial charge in [0.25, 0.3) is 5.56 Å². The highest BCUT2D eigenvalue weighted by atomic mass is 32.1. The zero-order valence-corrected chi connectivity index (χ0v) is 20.4. The molecule has 0 amide bonds. The molecule has 3 aromatic heterocycles. The zero-order chi connectivity index (χ0) is 25.1. The molecule has 35 heavy (non-hydrogen) atoms. The number of halogens is 1. The Balaban J connectivity index is 1.74. The van der Waals surface area contributed by atoms with Gasteiger partial charge in [-0.2, -0.15) is 0 Å². The van der Waals surface area contributed by atoms with Crippen LogP contribution in [0.1, 0.15) is 54.4 Å². The number of aliphatic carboxylic acids is 1. The highest BCUT2D eigenvalue weighted by Crippen LogP contribution is 2.25. The van der Waals surface area contributed by atoms with Crippen LogP contribution >= 0.6 is 11.3 Å². The van der Waals surface area contributed by atoms with Gasteiger partial charge in [-0.1, -0.05) is 13.8 Å². The van der Waals surface area contributed by atoms with E-state index < -0.39 is 17.3 Å². The molecule has 0 radical (unpaired) electrons. The molecule has 4 rings (SSSR count). The van der Waals surface area contributed by atoms with Crippen molar-refractivity contribution in [3.8, 4) is 0 Å². The first kappa shape index (κ1) is 24.7. The van der Waals surface area contributed by atoms with Gasteiger partial charge >= 0.3 is 5.97 Å². The Bertz CT molecular complexity index is 1350. The van der Waals surface area contributed by atoms with Crippen LogP contribution in [-0.4, -0.2) is 44.8 Å². The van der Waals surface area contributed by atoms with Crippen molar-refractivity contribution in [2.24, 2.45) is 5.92 Å². The third-order valence-corrected chi connectivity index (χ3v) is 7.05. The van der Waals surface area contributed by atoms with Crippen molar-refractivity contribution in [1.82, 2.24) is 14.4 Å². The molecule has 1 N–H and O–H groups in total. The second-order valence-corrected chi connectivity index (χ2v) is 9.95. The zero-order valence-electron chi connectivity index (χ0n) is 19.6. The van der Waals surface area contributed by atoms with E-state index in [4.69, 9.17) is 5.11 Å². The molecule has 10 heteroatoms. The van der Waals surface area contributed by atoms with Crippen LogP contribution in [0.3, 0.4) is 0 Å². The lowest BCUT2D eigenvalue weighted by Crippen LogP contribution is -2.38. The predicted molar refractivity (Wildman–Crippen MR) is 133 cm³/mol. The number of aldehydes is 1. The Kier molecular flexibility index (Phi) is 7.39. The molecule has 1 saturated heterocycles. The number of piperidine rings is 1. The molecule has 1 unspecified atom stereocenters. The summed E-state index contributed by atoms with van der Waals surface area (Å²) in [4.78, 5) is 46.8. The molecule has 1 aliphatic rings. The van der Waals surface area contributed by atoms with Gasteiger partial charge in [0, 0.05) is 36.9 Å². The van der Waals surface area contributed by atoms with Gasteiger partial charge in [-0.15, -0.1) is 11.3 Å². The fourth-order valence-electron chi connectivity index (χ4n) is 4.19. The standard InChI is InChI=1S/C25H27FN4O4S/c1-15(2)20-14-35-22(27-20)7-5-17-10-21-28-24(29-9-3-4-16(11-29)13-31)18(6-8-23(32)33)25(34)30(21)12-19(17)26/h6,8,10,12-16H,3-5,7,9,11H2,1-2H3,(H,32,33)/b8-6+. The molecule has 0 saturated carbocycles. The number of carbonyl (C=O) groups excluding carboxylic acids is 1. The van der Waals surface area contributed by atoms with E-state index in [9.17, 15) is 18.8 Å². The summed E-state index contributed by atoms with van der Waals surface area (Å²) in [6, 6.07) is 1.56. The summed E-state index contributed by atoms with van der Waals surface area (Å²) in [5.74, 6) is -1.32. The number of nitrogens with zero attached hydrogens (tertiary/aromatic N) is 4. The number of fused-ring (bicyclic) bond motifs is 1. The monoisotopic (exact) mass is 498 g/mol. The maximum atomic E-state index is 15.0. The number of thiazole rings is 1. The maximum Gasteiger partial charge on any atom is 0.328 e. The summed E-state index contributed by atoms with van der Waals surface area (Å²) in [6.07, 6.45) is 6.50. The highest BCUT2D eigenvalue weighted by molar-refractivity contribution is 7.09. The number of pyridine rings is 1. The number of hydrogen-bond acceptors (Lipinski definition) is 7. The highest BCUT2D eigenvalue weighted by Gasteiger charge is 2.24. The van der Waals surface area contributed by atoms with Gasteiger partial charge in [-0.3, -0.25) is 9.20 Å². The second kappa shape index (κ2) is 10.5. The SMILES string of the molecule is CC(C)c1csc(CCc2cc3nc(N4CCCC(C=O)C4)c(/C=C/C(=O)O)c(=O)n3cc2F)n1. The van der Waals surface area contributed by atoms with Crippen LogP contribution in [0, 0.1) is 11.7 Å². The van der Waals surface area contributed by atoms with Gasteiger partial charge in [0.15, 0.2) is 0 Å². The van der Waals surface area contributed by atoms with Gasteiger partial charge in [0.2, 0.25) is 0 Å². The van der Waals surface area contributed by atoms with Gasteiger partial charge < -0.3 is 14.8 Å². The Hall–Kier alpha value is -3.40. The molecule has 1 aliphatic heterocycles. The van der Waals surface area contributed by atoms with E-state index >= 15 is 0 Å². The second-order valence-electron chi connectivity index (χ2n) is 9.01. The number of carboxylic acids is 1. The molecule has 1 atom stereocenters. The first-order chi connectivity index (χ1) is 16.8. The number of rotatable bonds is 8. The normalized spacial score (nSPS) is 16.5. The fourth-order valence-corrected chi connectivity index (χ4v) is 5.15. The Morgan fingerprint density at radius 3 is 2.83 bits per heavy atom. The Morgan fingerprint density at radius 2 is 2.14 bits per heavy atom. The van der Waals surface area contributed by atoms with E-state index in [1.807, 2.05) is 10.3 Å². The van der Waals surface area contributed by atoms with Crippen molar-refractivity contribution in [1.29, 1.82) is 0 Å². The molecular formula is C25H27FN4O4S. The van der Waals surface area contributed by atoms with Crippen molar-refractivity contribution in [2.75, 3.05) is 18.0 Å². The number of carbonyl (C=O) groups is 2. The molecule has 0 spiro atoms. The molecular weight excluding hydrogens is 471 g/mol. The number of aryl methyl sites for hydroxylation is 2. The van der Waals surface area contributed by atoms with Crippen LogP contribution < -0.4 is 10.5 Å². The number of aromatic nitrogens is 3. The topological polar surface area (TPSA) is 105 Å². The Labute approximate surface area is 205 Å². The smallest absolute Gasteiger partial charge is 0.328 e. The van der Waals surface area contributed by atoms with Gasteiger partial charge in [0.05, 0.1) is 22.5 Å². The molecule has 1 fully saturated rings. The van der Waals surface area contributed by atoms with Crippen LogP contribution in [0.25, 0.3) is 11.7 Å². The predicted octanol–water partition coefficient (Wildman–Crippen LogP) is 3.71. The van der Waals surface area contributed by atoms with E-state index in [1.165, 1.54) is 6.08 Å². The molecule has 4 heterocycles. The quantitative estimate of drug-likeness (QED) is 0.373. The lowest BCUT2D eigenvalue weighted by molar-refractivity contribution is -0.131. The first-order valence-corrected chi connectivity index (χ1v) is 12.4. The number of hydrogen-bond donors (Lipinski definition) is 1. The third kappa shape index (κ3) is 5.48. The lowest BCUT2D eigenvalue weighted by atomic mass is 9.99. The van der Waals surface area contributed by atoms with Crippen molar-refractivity contribution in [3.63, 3.8) is 0 Å². The van der Waals surface area contributed by atoms with Crippen molar-refractivity contribution in [3.05, 3.63) is 61.7 Å². The average molecular weight is 499 g/mol. The van der Waals surface area contributed by atoms with E-state index in [2.05, 4.69) is 23.8 Å². The van der Waals surface area contributed by atoms with E-state index in [0.717, 1.165) is 46.5 Å². The third-order valence-electron chi connectivity index (χ3n) is 6.12. The number of anilines is 1. The van der Waals surface area contributed by atoms with Crippen LogP contribution in [0.5, 0.6) is 0 Å². The fraction of sp³-hybridized carbons (Fsp3) is 0.400. The molecule has 0 aliphatic carbocycles. The van der Waals surface area contributed by atoms with Crippen molar-refractivity contribution < 1.29 is 19.1 Å². The van der Waals surface area contributed by atoms with E-state index in [-0.39, 0.29) is 17.1 Å². The summed E-state index contributed by atoms with van der Waals surface area (Å²) in [5, 5.41) is 12.0. The summed E-state index contributed by atoms with van der Waals surface area (Å²) in [5.41, 5.74) is 1.18. The maximum absolute atomic E-state index is 15.0. The largest absolute Gasteiger partial charge is 0.478 e. The molecule has 0 bridgehead atoms. The summed E-state index contributed by atoms with van der Waals surface area (Å²) in [7, 11) is 0. The van der Waals surface area contributed by atoms with Crippen molar-refractivity contribution >= 4 is 41.1 Å². The molecule has 8 nitrogen and oxygen atoms in total. The van der Waals surface area contributed by atoms with Crippen molar-refractivity contribution in [2.45, 2.75) is 45.4 Å². The summed E-state index contributed by atoms with van der Waals surface area (Å²) in [6.45, 7) is 5.11. The average Bonchev–Trinajstić information content (AvgIpc) is 3.32. The summed E-state index contributed by atoms with van der Waals surface area (Å²) < 4.78 is 16.1.